The van der Waals surface area contributed by atoms with Gasteiger partial charge in [-0.3, -0.25) is 9.69 Å². The van der Waals surface area contributed by atoms with Crippen molar-refractivity contribution in [2.24, 2.45) is 5.11 Å². The second kappa shape index (κ2) is 9.53. The fraction of sp³-hybridized carbons (Fsp3) is 0.375. The van der Waals surface area contributed by atoms with Gasteiger partial charge in [0, 0.05) is 35.8 Å². The topological polar surface area (TPSA) is 81.5 Å². The number of carbonyl (C=O) groups excluding carboxylic acids is 1. The quantitative estimate of drug-likeness (QED) is 0.277. The minimum Gasteiger partial charge on any atom is -0.338 e. The van der Waals surface area contributed by atoms with E-state index in [0.717, 1.165) is 38.0 Å². The summed E-state index contributed by atoms with van der Waals surface area (Å²) in [5, 5.41) is 3.55. The van der Waals surface area contributed by atoms with Gasteiger partial charge in [0.2, 0.25) is 0 Å². The van der Waals surface area contributed by atoms with Crippen LogP contribution >= 0.6 is 0 Å². The molecule has 0 aromatic heterocycles. The molecule has 4 rings (SSSR count). The van der Waals surface area contributed by atoms with Crippen LogP contribution < -0.4 is 4.90 Å². The highest BCUT2D eigenvalue weighted by molar-refractivity contribution is 5.73. The van der Waals surface area contributed by atoms with Gasteiger partial charge in [-0.05, 0) is 54.6 Å². The summed E-state index contributed by atoms with van der Waals surface area (Å²) in [4.78, 5) is 18.4. The summed E-state index contributed by atoms with van der Waals surface area (Å²) in [6.45, 7) is 4.40. The van der Waals surface area contributed by atoms with Gasteiger partial charge in [0.05, 0.1) is 6.54 Å². The van der Waals surface area contributed by atoms with E-state index in [9.17, 15) is 4.79 Å². The molecule has 1 unspecified atom stereocenters. The van der Waals surface area contributed by atoms with Gasteiger partial charge in [-0.1, -0.05) is 41.5 Å². The molecule has 0 N–H and O–H groups in total. The van der Waals surface area contributed by atoms with Crippen molar-refractivity contribution in [2.75, 3.05) is 31.1 Å². The molecule has 0 amide bonds. The number of benzene rings is 2. The van der Waals surface area contributed by atoms with Gasteiger partial charge >= 0.3 is 0 Å². The number of hydrogen-bond acceptors (Lipinski definition) is 5. The standard InChI is InChI=1S/C24H26FN5O2/c1-24(17-31)30(16-23(32-24)27-28-26)20-7-8-21(22(25)15-20)19-10-13-29(14-11-19)12-9-18-5-3-2-4-6-18/h2-8,10,15,17,23H,9,11-14,16H2,1H3/t23-,24?/m1/s1. The average Bonchev–Trinajstić information content (AvgIpc) is 3.16. The van der Waals surface area contributed by atoms with Crippen molar-refractivity contribution in [1.82, 2.24) is 4.90 Å². The number of aldehydes is 1. The molecule has 0 saturated carbocycles. The molecular formula is C24H26FN5O2. The highest BCUT2D eigenvalue weighted by Gasteiger charge is 2.43. The maximum Gasteiger partial charge on any atom is 0.195 e. The zero-order chi connectivity index (χ0) is 22.6. The molecule has 2 aromatic rings. The number of hydrogen-bond donors (Lipinski definition) is 0. The molecule has 0 bridgehead atoms. The second-order valence-corrected chi connectivity index (χ2v) is 8.24. The molecule has 2 heterocycles. The van der Waals surface area contributed by atoms with Crippen LogP contribution in [0.3, 0.4) is 0 Å². The summed E-state index contributed by atoms with van der Waals surface area (Å²) < 4.78 is 20.6. The Labute approximate surface area is 186 Å². The van der Waals surface area contributed by atoms with Crippen LogP contribution in [0.1, 0.15) is 24.5 Å². The molecule has 32 heavy (non-hydrogen) atoms. The fourth-order valence-corrected chi connectivity index (χ4v) is 4.31. The van der Waals surface area contributed by atoms with Crippen molar-refractivity contribution in [1.29, 1.82) is 0 Å². The van der Waals surface area contributed by atoms with Crippen LogP contribution in [0.5, 0.6) is 0 Å². The first-order valence-corrected chi connectivity index (χ1v) is 10.7. The van der Waals surface area contributed by atoms with Crippen molar-refractivity contribution >= 4 is 17.5 Å². The van der Waals surface area contributed by atoms with Crippen molar-refractivity contribution in [3.63, 3.8) is 0 Å². The molecule has 166 valence electrons. The molecule has 1 fully saturated rings. The van der Waals surface area contributed by atoms with Crippen LogP contribution in [0.4, 0.5) is 10.1 Å². The zero-order valence-electron chi connectivity index (χ0n) is 18.0. The predicted octanol–water partition coefficient (Wildman–Crippen LogP) is 4.55. The van der Waals surface area contributed by atoms with Crippen LogP contribution in [0, 0.1) is 5.82 Å². The number of anilines is 1. The lowest BCUT2D eigenvalue weighted by Gasteiger charge is -2.30. The van der Waals surface area contributed by atoms with Gasteiger partial charge in [-0.25, -0.2) is 4.39 Å². The van der Waals surface area contributed by atoms with Crippen molar-refractivity contribution < 1.29 is 13.9 Å². The molecule has 2 aromatic carbocycles. The maximum absolute atomic E-state index is 15.1. The van der Waals surface area contributed by atoms with E-state index in [2.05, 4.69) is 45.3 Å². The largest absolute Gasteiger partial charge is 0.338 e. The first kappa shape index (κ1) is 22.0. The third-order valence-electron chi connectivity index (χ3n) is 6.11. The molecule has 2 aliphatic heterocycles. The lowest BCUT2D eigenvalue weighted by atomic mass is 9.98. The SMILES string of the molecule is CC1(C=O)O[C@@H](N=[N+]=[N-])CN1c1ccc(C2=CCN(CCc3ccccc3)CC2)c(F)c1. The monoisotopic (exact) mass is 435 g/mol. The van der Waals surface area contributed by atoms with Gasteiger partial charge in [-0.2, -0.15) is 0 Å². The molecule has 0 aliphatic carbocycles. The fourth-order valence-electron chi connectivity index (χ4n) is 4.31. The Bertz CT molecular complexity index is 1050. The number of halogens is 1. The highest BCUT2D eigenvalue weighted by atomic mass is 19.1. The van der Waals surface area contributed by atoms with Crippen LogP contribution in [-0.4, -0.2) is 49.3 Å². The van der Waals surface area contributed by atoms with Crippen molar-refractivity contribution in [2.45, 2.75) is 31.7 Å². The Morgan fingerprint density at radius 3 is 2.78 bits per heavy atom. The summed E-state index contributed by atoms with van der Waals surface area (Å²) in [5.74, 6) is -0.341. The van der Waals surface area contributed by atoms with E-state index >= 15 is 4.39 Å². The Morgan fingerprint density at radius 1 is 1.31 bits per heavy atom. The normalized spacial score (nSPS) is 23.5. The van der Waals surface area contributed by atoms with Gasteiger partial charge in [-0.15, -0.1) is 0 Å². The number of azide groups is 1. The second-order valence-electron chi connectivity index (χ2n) is 8.24. The Kier molecular flexibility index (Phi) is 6.55. The van der Waals surface area contributed by atoms with E-state index < -0.39 is 12.0 Å². The van der Waals surface area contributed by atoms with Crippen molar-refractivity contribution in [3.8, 4) is 0 Å². The molecule has 0 radical (unpaired) electrons. The number of nitrogens with zero attached hydrogens (tertiary/aromatic N) is 5. The van der Waals surface area contributed by atoms with E-state index in [1.54, 1.807) is 24.0 Å². The molecule has 7 nitrogen and oxygen atoms in total. The number of ether oxygens (including phenoxy) is 1. The summed E-state index contributed by atoms with van der Waals surface area (Å²) in [6, 6.07) is 15.4. The summed E-state index contributed by atoms with van der Waals surface area (Å²) in [7, 11) is 0. The lowest BCUT2D eigenvalue weighted by molar-refractivity contribution is -0.127. The average molecular weight is 436 g/mol. The third-order valence-corrected chi connectivity index (χ3v) is 6.11. The van der Waals surface area contributed by atoms with E-state index in [1.165, 1.54) is 11.6 Å². The molecule has 2 atom stereocenters. The molecule has 0 spiro atoms. The number of rotatable bonds is 7. The predicted molar refractivity (Wildman–Crippen MR) is 121 cm³/mol. The maximum atomic E-state index is 15.1. The summed E-state index contributed by atoms with van der Waals surface area (Å²) >= 11 is 0. The van der Waals surface area contributed by atoms with Crippen LogP contribution in [0.2, 0.25) is 0 Å². The van der Waals surface area contributed by atoms with E-state index in [-0.39, 0.29) is 12.4 Å². The smallest absolute Gasteiger partial charge is 0.195 e. The minimum atomic E-state index is -1.31. The molecular weight excluding hydrogens is 409 g/mol. The third kappa shape index (κ3) is 4.67. The minimum absolute atomic E-state index is 0.178. The van der Waals surface area contributed by atoms with E-state index in [1.807, 2.05) is 6.07 Å². The van der Waals surface area contributed by atoms with E-state index in [4.69, 9.17) is 10.3 Å². The first-order chi connectivity index (χ1) is 15.5. The van der Waals surface area contributed by atoms with Gasteiger partial charge < -0.3 is 9.64 Å². The van der Waals surface area contributed by atoms with Crippen LogP contribution in [0.25, 0.3) is 16.0 Å². The first-order valence-electron chi connectivity index (χ1n) is 10.7. The highest BCUT2D eigenvalue weighted by Crippen LogP contribution is 2.34. The molecule has 1 saturated heterocycles. The van der Waals surface area contributed by atoms with Crippen molar-refractivity contribution in [3.05, 3.63) is 82.0 Å². The summed E-state index contributed by atoms with van der Waals surface area (Å²) in [5.41, 5.74) is 10.8. The Hall–Kier alpha value is -3.19. The zero-order valence-corrected chi connectivity index (χ0v) is 18.0. The Morgan fingerprint density at radius 2 is 2.12 bits per heavy atom. The van der Waals surface area contributed by atoms with Gasteiger partial charge in [0.25, 0.3) is 0 Å². The molecule has 8 heteroatoms. The molecule has 2 aliphatic rings. The Balaban J connectivity index is 1.44. The van der Waals surface area contributed by atoms with Gasteiger partial charge in [0.1, 0.15) is 5.82 Å². The lowest BCUT2D eigenvalue weighted by Crippen LogP contribution is -2.43. The van der Waals surface area contributed by atoms with Gasteiger partial charge in [0.15, 0.2) is 18.2 Å². The summed E-state index contributed by atoms with van der Waals surface area (Å²) in [6.07, 6.45) is 3.71. The van der Waals surface area contributed by atoms with Crippen LogP contribution in [-0.2, 0) is 16.0 Å². The number of carbonyl (C=O) groups is 1. The van der Waals surface area contributed by atoms with Crippen LogP contribution in [0.15, 0.2) is 59.7 Å². The van der Waals surface area contributed by atoms with E-state index in [0.29, 0.717) is 17.5 Å².